The van der Waals surface area contributed by atoms with Gasteiger partial charge in [0, 0.05) is 6.42 Å². The SMILES string of the molecule is CCCc1nc(Cc2cc(C)ccc2C)sc1C(=O)O. The first-order valence-electron chi connectivity index (χ1n) is 6.79. The summed E-state index contributed by atoms with van der Waals surface area (Å²) >= 11 is 1.31. The van der Waals surface area contributed by atoms with Crippen LogP contribution in [-0.4, -0.2) is 16.1 Å². The van der Waals surface area contributed by atoms with Gasteiger partial charge in [0.15, 0.2) is 0 Å². The Balaban J connectivity index is 2.31. The third-order valence-corrected chi connectivity index (χ3v) is 4.35. The standard InChI is InChI=1S/C16H19NO2S/c1-4-5-13-15(16(18)19)20-14(17-13)9-12-8-10(2)6-7-11(12)3/h6-8H,4-5,9H2,1-3H3,(H,18,19). The molecule has 0 amide bonds. The molecule has 106 valence electrons. The fourth-order valence-corrected chi connectivity index (χ4v) is 3.18. The maximum absolute atomic E-state index is 11.3. The summed E-state index contributed by atoms with van der Waals surface area (Å²) < 4.78 is 0. The van der Waals surface area contributed by atoms with Crippen LogP contribution < -0.4 is 0 Å². The molecule has 0 saturated heterocycles. The van der Waals surface area contributed by atoms with Gasteiger partial charge in [-0.15, -0.1) is 11.3 Å². The molecular formula is C16H19NO2S. The van der Waals surface area contributed by atoms with Gasteiger partial charge in [-0.25, -0.2) is 9.78 Å². The van der Waals surface area contributed by atoms with E-state index in [4.69, 9.17) is 0 Å². The molecule has 0 spiro atoms. The summed E-state index contributed by atoms with van der Waals surface area (Å²) in [5.41, 5.74) is 4.39. The molecular weight excluding hydrogens is 270 g/mol. The van der Waals surface area contributed by atoms with Crippen LogP contribution in [0.5, 0.6) is 0 Å². The van der Waals surface area contributed by atoms with Crippen LogP contribution in [0.25, 0.3) is 0 Å². The number of aryl methyl sites for hydroxylation is 3. The third-order valence-electron chi connectivity index (χ3n) is 3.27. The summed E-state index contributed by atoms with van der Waals surface area (Å²) in [7, 11) is 0. The van der Waals surface area contributed by atoms with E-state index < -0.39 is 5.97 Å². The van der Waals surface area contributed by atoms with Crippen LogP contribution in [0.4, 0.5) is 0 Å². The van der Waals surface area contributed by atoms with Crippen LogP contribution in [0.3, 0.4) is 0 Å². The van der Waals surface area contributed by atoms with Gasteiger partial charge < -0.3 is 5.11 Å². The number of benzene rings is 1. The minimum absolute atomic E-state index is 0.396. The van der Waals surface area contributed by atoms with Crippen LogP contribution in [0.15, 0.2) is 18.2 Å². The lowest BCUT2D eigenvalue weighted by molar-refractivity contribution is 0.0700. The van der Waals surface area contributed by atoms with Crippen LogP contribution in [-0.2, 0) is 12.8 Å². The van der Waals surface area contributed by atoms with Gasteiger partial charge in [-0.05, 0) is 31.4 Å². The number of hydrogen-bond donors (Lipinski definition) is 1. The zero-order valence-electron chi connectivity index (χ0n) is 12.1. The van der Waals surface area contributed by atoms with Gasteiger partial charge in [-0.1, -0.05) is 37.1 Å². The number of carbonyl (C=O) groups is 1. The molecule has 3 nitrogen and oxygen atoms in total. The van der Waals surface area contributed by atoms with Crippen LogP contribution in [0.1, 0.15) is 50.4 Å². The number of aromatic carboxylic acids is 1. The predicted molar refractivity (Wildman–Crippen MR) is 81.8 cm³/mol. The molecule has 20 heavy (non-hydrogen) atoms. The van der Waals surface area contributed by atoms with Crippen molar-refractivity contribution >= 4 is 17.3 Å². The molecule has 0 aliphatic carbocycles. The molecule has 0 saturated carbocycles. The van der Waals surface area contributed by atoms with Crippen molar-refractivity contribution in [3.05, 3.63) is 50.5 Å². The molecule has 0 aliphatic rings. The lowest BCUT2D eigenvalue weighted by atomic mass is 10.0. The smallest absolute Gasteiger partial charge is 0.347 e. The molecule has 2 rings (SSSR count). The first-order chi connectivity index (χ1) is 9.51. The fraction of sp³-hybridized carbons (Fsp3) is 0.375. The Kier molecular flexibility index (Phi) is 4.55. The predicted octanol–water partition coefficient (Wildman–Crippen LogP) is 4.00. The number of nitrogens with zero attached hydrogens (tertiary/aromatic N) is 1. The monoisotopic (exact) mass is 289 g/mol. The highest BCUT2D eigenvalue weighted by Crippen LogP contribution is 2.24. The Morgan fingerprint density at radius 3 is 2.75 bits per heavy atom. The molecule has 4 heteroatoms. The van der Waals surface area contributed by atoms with Crippen molar-refractivity contribution in [2.24, 2.45) is 0 Å². The molecule has 0 fully saturated rings. The normalized spacial score (nSPS) is 10.8. The third kappa shape index (κ3) is 3.25. The molecule has 0 radical (unpaired) electrons. The van der Waals surface area contributed by atoms with Gasteiger partial charge in [0.05, 0.1) is 10.7 Å². The second-order valence-electron chi connectivity index (χ2n) is 5.05. The zero-order chi connectivity index (χ0) is 14.7. The number of carboxylic acid groups (broad SMARTS) is 1. The van der Waals surface area contributed by atoms with Crippen LogP contribution >= 0.6 is 11.3 Å². The number of thiazole rings is 1. The summed E-state index contributed by atoms with van der Waals surface area (Å²) in [5.74, 6) is -0.863. The fourth-order valence-electron chi connectivity index (χ4n) is 2.20. The van der Waals surface area contributed by atoms with Crippen molar-refractivity contribution in [3.63, 3.8) is 0 Å². The summed E-state index contributed by atoms with van der Waals surface area (Å²) in [6.45, 7) is 6.18. The summed E-state index contributed by atoms with van der Waals surface area (Å²) in [5, 5.41) is 10.1. The number of hydrogen-bond acceptors (Lipinski definition) is 3. The number of aromatic nitrogens is 1. The van der Waals surface area contributed by atoms with Gasteiger partial charge in [0.2, 0.25) is 0 Å². The van der Waals surface area contributed by atoms with E-state index in [2.05, 4.69) is 37.0 Å². The maximum atomic E-state index is 11.3. The number of carboxylic acids is 1. The van der Waals surface area contributed by atoms with Gasteiger partial charge in [-0.2, -0.15) is 0 Å². The molecule has 0 atom stereocenters. The Labute approximate surface area is 123 Å². The lowest BCUT2D eigenvalue weighted by Crippen LogP contribution is -1.98. The van der Waals surface area contributed by atoms with Crippen molar-refractivity contribution < 1.29 is 9.90 Å². The van der Waals surface area contributed by atoms with E-state index in [1.807, 2.05) is 6.92 Å². The van der Waals surface area contributed by atoms with Crippen molar-refractivity contribution in [2.75, 3.05) is 0 Å². The quantitative estimate of drug-likeness (QED) is 0.905. The first-order valence-corrected chi connectivity index (χ1v) is 7.61. The maximum Gasteiger partial charge on any atom is 0.347 e. The summed E-state index contributed by atoms with van der Waals surface area (Å²) in [6, 6.07) is 6.34. The molecule has 1 aromatic carbocycles. The van der Waals surface area contributed by atoms with E-state index in [0.717, 1.165) is 23.5 Å². The molecule has 1 aromatic heterocycles. The Bertz CT molecular complexity index is 631. The number of rotatable bonds is 5. The topological polar surface area (TPSA) is 50.2 Å². The second-order valence-corrected chi connectivity index (χ2v) is 6.13. The van der Waals surface area contributed by atoms with Crippen molar-refractivity contribution in [1.82, 2.24) is 4.98 Å². The van der Waals surface area contributed by atoms with E-state index in [1.54, 1.807) is 0 Å². The van der Waals surface area contributed by atoms with Crippen molar-refractivity contribution in [3.8, 4) is 0 Å². The van der Waals surface area contributed by atoms with Gasteiger partial charge in [0.1, 0.15) is 4.88 Å². The zero-order valence-corrected chi connectivity index (χ0v) is 12.9. The van der Waals surface area contributed by atoms with Crippen LogP contribution in [0, 0.1) is 13.8 Å². The van der Waals surface area contributed by atoms with E-state index in [0.29, 0.717) is 11.3 Å². The van der Waals surface area contributed by atoms with Crippen LogP contribution in [0.2, 0.25) is 0 Å². The molecule has 1 heterocycles. The molecule has 1 N–H and O–H groups in total. The van der Waals surface area contributed by atoms with E-state index in [-0.39, 0.29) is 0 Å². The lowest BCUT2D eigenvalue weighted by Gasteiger charge is -2.04. The minimum atomic E-state index is -0.863. The second kappa shape index (κ2) is 6.18. The largest absolute Gasteiger partial charge is 0.477 e. The highest BCUT2D eigenvalue weighted by molar-refractivity contribution is 7.13. The highest BCUT2D eigenvalue weighted by atomic mass is 32.1. The highest BCUT2D eigenvalue weighted by Gasteiger charge is 2.17. The molecule has 2 aromatic rings. The Morgan fingerprint density at radius 1 is 1.35 bits per heavy atom. The minimum Gasteiger partial charge on any atom is -0.477 e. The first kappa shape index (κ1) is 14.7. The van der Waals surface area contributed by atoms with Crippen molar-refractivity contribution in [1.29, 1.82) is 0 Å². The van der Waals surface area contributed by atoms with Gasteiger partial charge >= 0.3 is 5.97 Å². The van der Waals surface area contributed by atoms with E-state index in [1.165, 1.54) is 28.0 Å². The average molecular weight is 289 g/mol. The van der Waals surface area contributed by atoms with Gasteiger partial charge in [0.25, 0.3) is 0 Å². The van der Waals surface area contributed by atoms with Gasteiger partial charge in [-0.3, -0.25) is 0 Å². The summed E-state index contributed by atoms with van der Waals surface area (Å²) in [4.78, 5) is 16.2. The van der Waals surface area contributed by atoms with E-state index in [9.17, 15) is 9.90 Å². The molecule has 0 aliphatic heterocycles. The molecule has 0 unspecified atom stereocenters. The molecule has 0 bridgehead atoms. The summed E-state index contributed by atoms with van der Waals surface area (Å²) in [6.07, 6.45) is 2.35. The Hall–Kier alpha value is -1.68. The Morgan fingerprint density at radius 2 is 2.10 bits per heavy atom. The van der Waals surface area contributed by atoms with E-state index >= 15 is 0 Å². The average Bonchev–Trinajstić information content (AvgIpc) is 2.77. The van der Waals surface area contributed by atoms with Crippen molar-refractivity contribution in [2.45, 2.75) is 40.0 Å².